The van der Waals surface area contributed by atoms with E-state index in [9.17, 15) is 23.1 Å². The van der Waals surface area contributed by atoms with Crippen molar-refractivity contribution in [3.63, 3.8) is 0 Å². The Morgan fingerprint density at radius 2 is 1.84 bits per heavy atom. The number of alkyl halides is 3. The molecule has 1 aromatic rings. The Hall–Kier alpha value is -1.22. The van der Waals surface area contributed by atoms with Gasteiger partial charge in [0.25, 0.3) is 0 Å². The molecule has 1 saturated heterocycles. The minimum atomic E-state index is -5.05. The summed E-state index contributed by atoms with van der Waals surface area (Å²) in [6.45, 7) is 0.835. The molecule has 0 amide bonds. The third kappa shape index (κ3) is 4.91. The molecule has 140 valence electrons. The molecule has 0 spiro atoms. The van der Waals surface area contributed by atoms with Crippen LogP contribution in [0.3, 0.4) is 0 Å². The van der Waals surface area contributed by atoms with Crippen molar-refractivity contribution in [2.75, 3.05) is 19.6 Å². The lowest BCUT2D eigenvalue weighted by atomic mass is 9.91. The SMILES string of the molecule is NCC1(OC(=O)C(F)(F)F)CCN(Cc2cc(Cl)c(Cl)cc2O)CC1. The molecule has 0 radical (unpaired) electrons. The van der Waals surface area contributed by atoms with Gasteiger partial charge in [-0.05, 0) is 6.07 Å². The number of ether oxygens (including phenoxy) is 1. The summed E-state index contributed by atoms with van der Waals surface area (Å²) in [7, 11) is 0. The summed E-state index contributed by atoms with van der Waals surface area (Å²) < 4.78 is 41.9. The summed E-state index contributed by atoms with van der Waals surface area (Å²) in [5, 5.41) is 10.4. The molecule has 1 aromatic carbocycles. The molecule has 1 aliphatic rings. The van der Waals surface area contributed by atoms with E-state index in [-0.39, 0.29) is 30.2 Å². The van der Waals surface area contributed by atoms with Crippen molar-refractivity contribution in [3.05, 3.63) is 27.7 Å². The Morgan fingerprint density at radius 1 is 1.28 bits per heavy atom. The van der Waals surface area contributed by atoms with E-state index in [0.29, 0.717) is 30.2 Å². The summed E-state index contributed by atoms with van der Waals surface area (Å²) in [6.07, 6.45) is -4.73. The second kappa shape index (κ2) is 7.57. The van der Waals surface area contributed by atoms with E-state index in [0.717, 1.165) is 0 Å². The van der Waals surface area contributed by atoms with Gasteiger partial charge >= 0.3 is 12.1 Å². The summed E-state index contributed by atoms with van der Waals surface area (Å²) in [6, 6.07) is 2.87. The van der Waals surface area contributed by atoms with Crippen molar-refractivity contribution in [3.8, 4) is 5.75 Å². The third-order valence-corrected chi connectivity index (χ3v) is 4.92. The Kier molecular flexibility index (Phi) is 6.09. The van der Waals surface area contributed by atoms with Gasteiger partial charge in [-0.15, -0.1) is 0 Å². The molecule has 25 heavy (non-hydrogen) atoms. The van der Waals surface area contributed by atoms with Gasteiger partial charge in [-0.25, -0.2) is 4.79 Å². The Morgan fingerprint density at radius 3 is 2.36 bits per heavy atom. The monoisotopic (exact) mass is 400 g/mol. The summed E-state index contributed by atoms with van der Waals surface area (Å²) >= 11 is 11.7. The highest BCUT2D eigenvalue weighted by atomic mass is 35.5. The lowest BCUT2D eigenvalue weighted by molar-refractivity contribution is -0.216. The van der Waals surface area contributed by atoms with Gasteiger partial charge in [0.2, 0.25) is 0 Å². The minimum absolute atomic E-state index is 0.0199. The molecule has 0 saturated carbocycles. The van der Waals surface area contributed by atoms with Gasteiger partial charge in [-0.1, -0.05) is 23.2 Å². The Balaban J connectivity index is 2.00. The van der Waals surface area contributed by atoms with E-state index in [1.165, 1.54) is 12.1 Å². The van der Waals surface area contributed by atoms with E-state index in [2.05, 4.69) is 4.74 Å². The first-order valence-electron chi connectivity index (χ1n) is 7.46. The van der Waals surface area contributed by atoms with Crippen molar-refractivity contribution >= 4 is 29.2 Å². The van der Waals surface area contributed by atoms with Crippen LogP contribution >= 0.6 is 23.2 Å². The number of carbonyl (C=O) groups is 1. The smallest absolute Gasteiger partial charge is 0.490 e. The summed E-state index contributed by atoms with van der Waals surface area (Å²) in [5.74, 6) is -2.25. The van der Waals surface area contributed by atoms with Gasteiger partial charge in [-0.2, -0.15) is 13.2 Å². The number of halogens is 5. The second-order valence-corrected chi connectivity index (χ2v) is 6.76. The minimum Gasteiger partial charge on any atom is -0.508 e. The zero-order valence-electron chi connectivity index (χ0n) is 13.1. The number of benzene rings is 1. The molecular formula is C15H17Cl2F3N2O3. The van der Waals surface area contributed by atoms with Crippen LogP contribution in [0.1, 0.15) is 18.4 Å². The quantitative estimate of drug-likeness (QED) is 0.759. The van der Waals surface area contributed by atoms with Gasteiger partial charge < -0.3 is 15.6 Å². The maximum atomic E-state index is 12.4. The zero-order chi connectivity index (χ0) is 18.8. The van der Waals surface area contributed by atoms with Crippen LogP contribution in [-0.2, 0) is 16.1 Å². The molecular weight excluding hydrogens is 384 g/mol. The predicted molar refractivity (Wildman–Crippen MR) is 86.6 cm³/mol. The number of likely N-dealkylation sites (tertiary alicyclic amines) is 1. The van der Waals surface area contributed by atoms with Crippen LogP contribution < -0.4 is 5.73 Å². The number of aromatic hydroxyl groups is 1. The maximum Gasteiger partial charge on any atom is 0.490 e. The van der Waals surface area contributed by atoms with Crippen LogP contribution in [0.4, 0.5) is 13.2 Å². The summed E-state index contributed by atoms with van der Waals surface area (Å²) in [5.41, 5.74) is 4.77. The normalized spacial score (nSPS) is 18.2. The molecule has 2 rings (SSSR count). The molecule has 3 N–H and O–H groups in total. The van der Waals surface area contributed by atoms with E-state index in [1.54, 1.807) is 0 Å². The number of nitrogens with zero attached hydrogens (tertiary/aromatic N) is 1. The third-order valence-electron chi connectivity index (χ3n) is 4.20. The standard InChI is InChI=1S/C15H17Cl2F3N2O3/c16-10-5-9(12(23)6-11(10)17)7-22-3-1-14(8-21,2-4-22)25-13(24)15(18,19)20/h5-6,23H,1-4,7-8,21H2. The molecule has 1 heterocycles. The fourth-order valence-corrected chi connectivity index (χ4v) is 3.01. The van der Waals surface area contributed by atoms with Crippen molar-refractivity contribution in [2.24, 2.45) is 5.73 Å². The molecule has 0 unspecified atom stereocenters. The lowest BCUT2D eigenvalue weighted by Gasteiger charge is -2.40. The van der Waals surface area contributed by atoms with E-state index in [4.69, 9.17) is 28.9 Å². The Bertz CT molecular complexity index is 648. The average Bonchev–Trinajstić information content (AvgIpc) is 2.53. The number of carbonyl (C=O) groups excluding carboxylic acids is 1. The van der Waals surface area contributed by atoms with Crippen LogP contribution in [0, 0.1) is 0 Å². The highest BCUT2D eigenvalue weighted by Gasteiger charge is 2.47. The fourth-order valence-electron chi connectivity index (χ4n) is 2.67. The Labute approximate surface area is 152 Å². The average molecular weight is 401 g/mol. The van der Waals surface area contributed by atoms with E-state index >= 15 is 0 Å². The van der Waals surface area contributed by atoms with Gasteiger partial charge in [0.05, 0.1) is 10.0 Å². The first-order valence-corrected chi connectivity index (χ1v) is 8.21. The van der Waals surface area contributed by atoms with Crippen molar-refractivity contribution in [2.45, 2.75) is 31.2 Å². The first-order chi connectivity index (χ1) is 11.6. The van der Waals surface area contributed by atoms with Crippen LogP contribution in [0.5, 0.6) is 5.75 Å². The first kappa shape index (κ1) is 20.1. The number of nitrogens with two attached hydrogens (primary N) is 1. The zero-order valence-corrected chi connectivity index (χ0v) is 14.6. The topological polar surface area (TPSA) is 75.8 Å². The summed E-state index contributed by atoms with van der Waals surface area (Å²) in [4.78, 5) is 13.0. The molecule has 0 aliphatic carbocycles. The number of esters is 1. The van der Waals surface area contributed by atoms with Gasteiger partial charge in [-0.3, -0.25) is 4.90 Å². The lowest BCUT2D eigenvalue weighted by Crippen LogP contribution is -2.52. The number of hydrogen-bond acceptors (Lipinski definition) is 5. The second-order valence-electron chi connectivity index (χ2n) is 5.95. The van der Waals surface area contributed by atoms with Crippen LogP contribution in [0.15, 0.2) is 12.1 Å². The molecule has 0 bridgehead atoms. The predicted octanol–water partition coefficient (Wildman–Crippen LogP) is 3.10. The number of piperidine rings is 1. The van der Waals surface area contributed by atoms with Crippen molar-refractivity contribution < 1.29 is 27.8 Å². The highest BCUT2D eigenvalue weighted by Crippen LogP contribution is 2.33. The molecule has 1 aliphatic heterocycles. The largest absolute Gasteiger partial charge is 0.508 e. The van der Waals surface area contributed by atoms with Gasteiger partial charge in [0.1, 0.15) is 11.4 Å². The number of rotatable bonds is 4. The number of hydrogen-bond donors (Lipinski definition) is 2. The fraction of sp³-hybridized carbons (Fsp3) is 0.533. The van der Waals surface area contributed by atoms with Crippen LogP contribution in [-0.4, -0.2) is 47.4 Å². The van der Waals surface area contributed by atoms with E-state index < -0.39 is 17.7 Å². The maximum absolute atomic E-state index is 12.4. The van der Waals surface area contributed by atoms with Crippen molar-refractivity contribution in [1.82, 2.24) is 4.90 Å². The number of phenolic OH excluding ortho intramolecular Hbond substituents is 1. The molecule has 1 fully saturated rings. The molecule has 0 atom stereocenters. The molecule has 10 heteroatoms. The van der Waals surface area contributed by atoms with Gasteiger partial charge in [0.15, 0.2) is 0 Å². The van der Waals surface area contributed by atoms with Gasteiger partial charge in [0, 0.05) is 50.7 Å². The number of phenols is 1. The molecule has 5 nitrogen and oxygen atoms in total. The van der Waals surface area contributed by atoms with Crippen molar-refractivity contribution in [1.29, 1.82) is 0 Å². The van der Waals surface area contributed by atoms with Crippen LogP contribution in [0.25, 0.3) is 0 Å². The van der Waals surface area contributed by atoms with Crippen LogP contribution in [0.2, 0.25) is 10.0 Å². The molecule has 0 aromatic heterocycles. The highest BCUT2D eigenvalue weighted by molar-refractivity contribution is 6.42. The van der Waals surface area contributed by atoms with E-state index in [1.807, 2.05) is 4.90 Å².